The lowest BCUT2D eigenvalue weighted by Gasteiger charge is -2.36. The number of rotatable bonds is 7. The number of fused-ring (bicyclic) bond motifs is 1. The van der Waals surface area contributed by atoms with Gasteiger partial charge >= 0.3 is 0 Å². The number of aromatic nitrogens is 4. The van der Waals surface area contributed by atoms with Gasteiger partial charge in [-0.2, -0.15) is 9.61 Å². The minimum atomic E-state index is 0.119. The van der Waals surface area contributed by atoms with E-state index in [4.69, 9.17) is 9.47 Å². The summed E-state index contributed by atoms with van der Waals surface area (Å²) in [5.74, 6) is 2.28. The molecule has 0 unspecified atom stereocenters. The topological polar surface area (TPSA) is 85.1 Å². The molecule has 35 heavy (non-hydrogen) atoms. The van der Waals surface area contributed by atoms with Crippen LogP contribution in [0.4, 0.5) is 5.69 Å². The molecule has 0 bridgehead atoms. The van der Waals surface area contributed by atoms with Crippen molar-refractivity contribution >= 4 is 29.0 Å². The summed E-state index contributed by atoms with van der Waals surface area (Å²) in [6.45, 7) is 3.10. The van der Waals surface area contributed by atoms with E-state index in [-0.39, 0.29) is 5.91 Å². The first-order chi connectivity index (χ1) is 17.2. The van der Waals surface area contributed by atoms with Crippen molar-refractivity contribution < 1.29 is 14.3 Å². The van der Waals surface area contributed by atoms with Crippen molar-refractivity contribution in [2.45, 2.75) is 5.03 Å². The van der Waals surface area contributed by atoms with Crippen molar-refractivity contribution in [1.82, 2.24) is 24.7 Å². The zero-order chi connectivity index (χ0) is 24.2. The Morgan fingerprint density at radius 3 is 2.43 bits per heavy atom. The zero-order valence-electron chi connectivity index (χ0n) is 19.6. The molecule has 1 aliphatic rings. The minimum Gasteiger partial charge on any atom is -0.493 e. The number of nitrogens with zero attached hydrogens (tertiary/aromatic N) is 6. The number of hydrogen-bond acceptors (Lipinski definition) is 8. The first-order valence-electron chi connectivity index (χ1n) is 11.3. The Balaban J connectivity index is 1.25. The third-order valence-corrected chi connectivity index (χ3v) is 6.88. The van der Waals surface area contributed by atoms with Crippen molar-refractivity contribution in [3.8, 4) is 22.9 Å². The molecular formula is C25H26N6O3S. The van der Waals surface area contributed by atoms with Crippen LogP contribution < -0.4 is 14.4 Å². The van der Waals surface area contributed by atoms with Crippen molar-refractivity contribution in [3.63, 3.8) is 0 Å². The molecule has 1 amide bonds. The average Bonchev–Trinajstić information content (AvgIpc) is 3.35. The number of anilines is 1. The average molecular weight is 491 g/mol. The van der Waals surface area contributed by atoms with Gasteiger partial charge in [-0.25, -0.2) is 0 Å². The van der Waals surface area contributed by atoms with Crippen LogP contribution in [0.3, 0.4) is 0 Å². The van der Waals surface area contributed by atoms with Gasteiger partial charge in [0.05, 0.1) is 20.0 Å². The second-order valence-corrected chi connectivity index (χ2v) is 9.02. The maximum absolute atomic E-state index is 12.8. The van der Waals surface area contributed by atoms with E-state index in [1.807, 2.05) is 53.4 Å². The Labute approximate surface area is 207 Å². The van der Waals surface area contributed by atoms with E-state index in [9.17, 15) is 4.79 Å². The maximum atomic E-state index is 12.8. The Hall–Kier alpha value is -3.79. The highest BCUT2D eigenvalue weighted by molar-refractivity contribution is 7.99. The van der Waals surface area contributed by atoms with Crippen LogP contribution in [0.5, 0.6) is 11.5 Å². The fourth-order valence-corrected chi connectivity index (χ4v) is 4.84. The Bertz CT molecular complexity index is 1320. The molecule has 1 fully saturated rings. The van der Waals surface area contributed by atoms with Gasteiger partial charge in [-0.1, -0.05) is 30.0 Å². The Kier molecular flexibility index (Phi) is 6.71. The van der Waals surface area contributed by atoms with Gasteiger partial charge in [0, 0.05) is 37.4 Å². The first kappa shape index (κ1) is 23.0. The molecule has 0 radical (unpaired) electrons. The first-order valence-corrected chi connectivity index (χ1v) is 12.3. The molecule has 0 N–H and O–H groups in total. The highest BCUT2D eigenvalue weighted by Gasteiger charge is 2.21. The van der Waals surface area contributed by atoms with Crippen LogP contribution in [-0.4, -0.2) is 76.8 Å². The molecule has 0 aliphatic carbocycles. The molecule has 0 spiro atoms. The predicted octanol–water partition coefficient (Wildman–Crippen LogP) is 3.25. The second kappa shape index (κ2) is 10.2. The van der Waals surface area contributed by atoms with Gasteiger partial charge in [0.15, 0.2) is 23.0 Å². The zero-order valence-corrected chi connectivity index (χ0v) is 20.4. The highest BCUT2D eigenvalue weighted by atomic mass is 32.2. The normalized spacial score (nSPS) is 13.8. The molecule has 0 saturated carbocycles. The van der Waals surface area contributed by atoms with Crippen LogP contribution in [0.25, 0.3) is 17.0 Å². The van der Waals surface area contributed by atoms with Crippen LogP contribution in [0.1, 0.15) is 0 Å². The molecule has 10 heteroatoms. The molecule has 3 heterocycles. The lowest BCUT2D eigenvalue weighted by Crippen LogP contribution is -2.49. The Morgan fingerprint density at radius 1 is 0.914 bits per heavy atom. The van der Waals surface area contributed by atoms with Gasteiger partial charge in [0.1, 0.15) is 5.03 Å². The largest absolute Gasteiger partial charge is 0.493 e. The third-order valence-electron chi connectivity index (χ3n) is 5.98. The number of carbonyl (C=O) groups is 1. The second-order valence-electron chi connectivity index (χ2n) is 8.03. The van der Waals surface area contributed by atoms with Crippen LogP contribution in [0.2, 0.25) is 0 Å². The number of benzene rings is 2. The molecule has 9 nitrogen and oxygen atoms in total. The summed E-state index contributed by atoms with van der Waals surface area (Å²) in [5.41, 5.74) is 2.63. The van der Waals surface area contributed by atoms with Gasteiger partial charge in [-0.05, 0) is 42.5 Å². The van der Waals surface area contributed by atoms with Gasteiger partial charge < -0.3 is 19.3 Å². The minimum absolute atomic E-state index is 0.119. The highest BCUT2D eigenvalue weighted by Crippen LogP contribution is 2.31. The van der Waals surface area contributed by atoms with E-state index in [1.165, 1.54) is 17.4 Å². The van der Waals surface area contributed by atoms with Crippen LogP contribution in [0.15, 0.2) is 65.7 Å². The fourth-order valence-electron chi connectivity index (χ4n) is 4.08. The number of ether oxygens (including phenoxy) is 2. The van der Waals surface area contributed by atoms with Crippen molar-refractivity contribution in [2.75, 3.05) is 51.1 Å². The Morgan fingerprint density at radius 2 is 1.69 bits per heavy atom. The molecule has 2 aromatic carbocycles. The van der Waals surface area contributed by atoms with E-state index in [1.54, 1.807) is 18.7 Å². The number of hydrogen-bond donors (Lipinski definition) is 0. The number of piperazine rings is 1. The molecule has 1 saturated heterocycles. The van der Waals surface area contributed by atoms with Gasteiger partial charge in [-0.3, -0.25) is 4.79 Å². The summed E-state index contributed by atoms with van der Waals surface area (Å²) >= 11 is 1.42. The fraction of sp³-hybridized carbons (Fsp3) is 0.280. The molecular weight excluding hydrogens is 464 g/mol. The molecule has 1 aliphatic heterocycles. The number of amides is 1. The SMILES string of the molecule is COc1ccc(-c2nnc3ccc(SCC(=O)N4CCN(c5ccccc5)CC4)nn23)cc1OC. The summed E-state index contributed by atoms with van der Waals surface area (Å²) in [6, 6.07) is 19.6. The quantitative estimate of drug-likeness (QED) is 0.365. The molecule has 5 rings (SSSR count). The molecule has 2 aromatic heterocycles. The maximum Gasteiger partial charge on any atom is 0.233 e. The summed E-state index contributed by atoms with van der Waals surface area (Å²) in [7, 11) is 3.19. The van der Waals surface area contributed by atoms with E-state index >= 15 is 0 Å². The molecule has 0 atom stereocenters. The van der Waals surface area contributed by atoms with Crippen molar-refractivity contribution in [2.24, 2.45) is 0 Å². The van der Waals surface area contributed by atoms with Gasteiger partial charge in [0.2, 0.25) is 5.91 Å². The van der Waals surface area contributed by atoms with Crippen molar-refractivity contribution in [1.29, 1.82) is 0 Å². The molecule has 180 valence electrons. The lowest BCUT2D eigenvalue weighted by atomic mass is 10.2. The number of carbonyl (C=O) groups excluding carboxylic acids is 1. The lowest BCUT2D eigenvalue weighted by molar-refractivity contribution is -0.128. The third kappa shape index (κ3) is 4.88. The summed E-state index contributed by atoms with van der Waals surface area (Å²) in [5, 5.41) is 13.9. The monoisotopic (exact) mass is 490 g/mol. The number of para-hydroxylation sites is 1. The van der Waals surface area contributed by atoms with Crippen LogP contribution in [0, 0.1) is 0 Å². The van der Waals surface area contributed by atoms with Crippen LogP contribution in [-0.2, 0) is 4.79 Å². The van der Waals surface area contributed by atoms with Crippen LogP contribution >= 0.6 is 11.8 Å². The predicted molar refractivity (Wildman–Crippen MR) is 135 cm³/mol. The summed E-state index contributed by atoms with van der Waals surface area (Å²) in [4.78, 5) is 17.1. The number of thioether (sulfide) groups is 1. The molecule has 4 aromatic rings. The van der Waals surface area contributed by atoms with Crippen molar-refractivity contribution in [3.05, 3.63) is 60.7 Å². The smallest absolute Gasteiger partial charge is 0.233 e. The van der Waals surface area contributed by atoms with Gasteiger partial charge in [-0.15, -0.1) is 10.2 Å². The standard InChI is InChI=1S/C25H26N6O3S/c1-33-20-9-8-18(16-21(20)34-2)25-27-26-22-10-11-23(28-31(22)25)35-17-24(32)30-14-12-29(13-15-30)19-6-4-3-5-7-19/h3-11,16H,12-15,17H2,1-2H3. The number of methoxy groups -OCH3 is 2. The summed E-state index contributed by atoms with van der Waals surface area (Å²) in [6.07, 6.45) is 0. The van der Waals surface area contributed by atoms with E-state index in [0.717, 1.165) is 36.8 Å². The van der Waals surface area contributed by atoms with E-state index in [0.29, 0.717) is 28.7 Å². The van der Waals surface area contributed by atoms with E-state index < -0.39 is 0 Å². The van der Waals surface area contributed by atoms with Gasteiger partial charge in [0.25, 0.3) is 0 Å². The summed E-state index contributed by atoms with van der Waals surface area (Å²) < 4.78 is 12.4. The van der Waals surface area contributed by atoms with E-state index in [2.05, 4.69) is 32.3 Å².